The monoisotopic (exact) mass is 301 g/mol. The van der Waals surface area contributed by atoms with Gasteiger partial charge in [0, 0.05) is 19.1 Å². The molecule has 1 aromatic rings. The van der Waals surface area contributed by atoms with Crippen molar-refractivity contribution >= 4 is 0 Å². The number of rotatable bonds is 6. The molecule has 0 radical (unpaired) electrons. The number of hydrogen-bond acceptors (Lipinski definition) is 2. The molecule has 0 bridgehead atoms. The number of hydrogen-bond donors (Lipinski definition) is 0. The van der Waals surface area contributed by atoms with Gasteiger partial charge in [-0.05, 0) is 63.6 Å². The molecule has 2 nitrogen and oxygen atoms in total. The molecule has 2 fully saturated rings. The van der Waals surface area contributed by atoms with Crippen molar-refractivity contribution in [1.29, 1.82) is 0 Å². The number of nitrogens with zero attached hydrogens (tertiary/aromatic N) is 1. The molecule has 22 heavy (non-hydrogen) atoms. The summed E-state index contributed by atoms with van der Waals surface area (Å²) in [7, 11) is 1.91. The largest absolute Gasteiger partial charge is 0.381 e. The third kappa shape index (κ3) is 3.72. The lowest BCUT2D eigenvalue weighted by Gasteiger charge is -2.43. The van der Waals surface area contributed by atoms with E-state index in [1.807, 2.05) is 7.11 Å². The van der Waals surface area contributed by atoms with Gasteiger partial charge < -0.3 is 9.64 Å². The summed E-state index contributed by atoms with van der Waals surface area (Å²) in [5.74, 6) is 0. The predicted molar refractivity (Wildman–Crippen MR) is 92.1 cm³/mol. The summed E-state index contributed by atoms with van der Waals surface area (Å²) in [4.78, 5) is 2.71. The number of benzene rings is 1. The van der Waals surface area contributed by atoms with E-state index >= 15 is 0 Å². The van der Waals surface area contributed by atoms with Crippen LogP contribution in [0, 0.1) is 5.41 Å². The maximum absolute atomic E-state index is 5.81. The highest BCUT2D eigenvalue weighted by atomic mass is 16.5. The molecule has 1 aliphatic heterocycles. The fourth-order valence-corrected chi connectivity index (χ4v) is 4.70. The van der Waals surface area contributed by atoms with Gasteiger partial charge in [0.05, 0.1) is 6.10 Å². The Morgan fingerprint density at radius 3 is 2.77 bits per heavy atom. The first-order valence-corrected chi connectivity index (χ1v) is 9.11. The molecule has 1 spiro atoms. The SMILES string of the molecule is CO[C@@H]1CCC[C@@]12CCCN(CCCCc1ccccc1)C2. The van der Waals surface area contributed by atoms with Crippen molar-refractivity contribution in [1.82, 2.24) is 4.90 Å². The van der Waals surface area contributed by atoms with Gasteiger partial charge in [-0.2, -0.15) is 0 Å². The van der Waals surface area contributed by atoms with E-state index in [1.165, 1.54) is 76.6 Å². The quantitative estimate of drug-likeness (QED) is 0.727. The molecule has 0 unspecified atom stereocenters. The van der Waals surface area contributed by atoms with Gasteiger partial charge in [-0.25, -0.2) is 0 Å². The van der Waals surface area contributed by atoms with Crippen LogP contribution in [0.15, 0.2) is 30.3 Å². The van der Waals surface area contributed by atoms with Gasteiger partial charge in [0.1, 0.15) is 0 Å². The normalized spacial score (nSPS) is 29.2. The van der Waals surface area contributed by atoms with Crippen LogP contribution in [0.4, 0.5) is 0 Å². The molecular weight excluding hydrogens is 270 g/mol. The van der Waals surface area contributed by atoms with Crippen molar-refractivity contribution in [3.8, 4) is 0 Å². The van der Waals surface area contributed by atoms with Crippen molar-refractivity contribution < 1.29 is 4.74 Å². The second kappa shape index (κ2) is 7.61. The van der Waals surface area contributed by atoms with Crippen LogP contribution in [-0.2, 0) is 11.2 Å². The third-order valence-corrected chi connectivity index (χ3v) is 5.83. The smallest absolute Gasteiger partial charge is 0.0639 e. The molecule has 1 saturated heterocycles. The maximum Gasteiger partial charge on any atom is 0.0639 e. The van der Waals surface area contributed by atoms with Crippen molar-refractivity contribution in [3.05, 3.63) is 35.9 Å². The summed E-state index contributed by atoms with van der Waals surface area (Å²) in [6.45, 7) is 3.84. The van der Waals surface area contributed by atoms with Crippen molar-refractivity contribution in [3.63, 3.8) is 0 Å². The topological polar surface area (TPSA) is 12.5 Å². The van der Waals surface area contributed by atoms with E-state index in [4.69, 9.17) is 4.74 Å². The Morgan fingerprint density at radius 2 is 1.95 bits per heavy atom. The molecular formula is C20H31NO. The average molecular weight is 301 g/mol. The van der Waals surface area contributed by atoms with Crippen LogP contribution in [0.2, 0.25) is 0 Å². The van der Waals surface area contributed by atoms with E-state index in [0.29, 0.717) is 11.5 Å². The van der Waals surface area contributed by atoms with Crippen LogP contribution < -0.4 is 0 Å². The van der Waals surface area contributed by atoms with Crippen molar-refractivity contribution in [2.75, 3.05) is 26.7 Å². The van der Waals surface area contributed by atoms with E-state index in [9.17, 15) is 0 Å². The highest BCUT2D eigenvalue weighted by Crippen LogP contribution is 2.46. The van der Waals surface area contributed by atoms with Gasteiger partial charge in [0.15, 0.2) is 0 Å². The molecule has 2 aliphatic rings. The minimum absolute atomic E-state index is 0.479. The van der Waals surface area contributed by atoms with Crippen LogP contribution in [0.5, 0.6) is 0 Å². The van der Waals surface area contributed by atoms with Gasteiger partial charge in [-0.15, -0.1) is 0 Å². The number of aryl methyl sites for hydroxylation is 1. The Morgan fingerprint density at radius 1 is 1.14 bits per heavy atom. The Kier molecular flexibility index (Phi) is 5.54. The molecule has 122 valence electrons. The summed E-state index contributed by atoms with van der Waals surface area (Å²) in [6.07, 6.45) is 11.1. The molecule has 1 heterocycles. The molecule has 0 amide bonds. The van der Waals surface area contributed by atoms with Gasteiger partial charge in [-0.1, -0.05) is 36.8 Å². The highest BCUT2D eigenvalue weighted by Gasteiger charge is 2.45. The summed E-state index contributed by atoms with van der Waals surface area (Å²) in [5, 5.41) is 0. The zero-order valence-corrected chi connectivity index (χ0v) is 14.1. The average Bonchev–Trinajstić information content (AvgIpc) is 2.94. The molecule has 0 N–H and O–H groups in total. The molecule has 0 aromatic heterocycles. The zero-order valence-electron chi connectivity index (χ0n) is 14.1. The predicted octanol–water partition coefficient (Wildman–Crippen LogP) is 4.29. The number of ether oxygens (including phenoxy) is 1. The van der Waals surface area contributed by atoms with Crippen LogP contribution >= 0.6 is 0 Å². The van der Waals surface area contributed by atoms with Crippen LogP contribution in [-0.4, -0.2) is 37.7 Å². The number of methoxy groups -OCH3 is 1. The zero-order chi connectivity index (χ0) is 15.3. The van der Waals surface area contributed by atoms with Crippen LogP contribution in [0.25, 0.3) is 0 Å². The van der Waals surface area contributed by atoms with Crippen molar-refractivity contribution in [2.24, 2.45) is 5.41 Å². The van der Waals surface area contributed by atoms with Crippen LogP contribution in [0.1, 0.15) is 50.5 Å². The molecule has 2 atom stereocenters. The second-order valence-corrected chi connectivity index (χ2v) is 7.30. The minimum Gasteiger partial charge on any atom is -0.381 e. The molecule has 1 saturated carbocycles. The molecule has 1 aromatic carbocycles. The van der Waals surface area contributed by atoms with E-state index in [0.717, 1.165) is 0 Å². The third-order valence-electron chi connectivity index (χ3n) is 5.83. The highest BCUT2D eigenvalue weighted by molar-refractivity contribution is 5.14. The Hall–Kier alpha value is -0.860. The summed E-state index contributed by atoms with van der Waals surface area (Å²) in [5.41, 5.74) is 1.96. The lowest BCUT2D eigenvalue weighted by Crippen LogP contribution is -2.47. The molecule has 3 rings (SSSR count). The van der Waals surface area contributed by atoms with E-state index in [2.05, 4.69) is 35.2 Å². The Bertz CT molecular complexity index is 446. The first-order chi connectivity index (χ1) is 10.8. The first kappa shape index (κ1) is 16.0. The lowest BCUT2D eigenvalue weighted by molar-refractivity contribution is -0.0349. The summed E-state index contributed by atoms with van der Waals surface area (Å²) >= 11 is 0. The standard InChI is InChI=1S/C20H31NO/c1-22-19-12-7-13-20(19)14-8-16-21(17-20)15-6-5-11-18-9-3-2-4-10-18/h2-4,9-10,19H,5-8,11-17H2,1H3/t19-,20+/m1/s1. The van der Waals surface area contributed by atoms with Gasteiger partial charge in [0.25, 0.3) is 0 Å². The second-order valence-electron chi connectivity index (χ2n) is 7.30. The van der Waals surface area contributed by atoms with E-state index < -0.39 is 0 Å². The van der Waals surface area contributed by atoms with Gasteiger partial charge in [0.2, 0.25) is 0 Å². The van der Waals surface area contributed by atoms with E-state index in [1.54, 1.807) is 0 Å². The lowest BCUT2D eigenvalue weighted by atomic mass is 9.76. The first-order valence-electron chi connectivity index (χ1n) is 9.11. The van der Waals surface area contributed by atoms with Crippen LogP contribution in [0.3, 0.4) is 0 Å². The summed E-state index contributed by atoms with van der Waals surface area (Å²) < 4.78 is 5.81. The number of piperidine rings is 1. The Labute approximate surface area is 135 Å². The van der Waals surface area contributed by atoms with Crippen molar-refractivity contribution in [2.45, 2.75) is 57.5 Å². The number of likely N-dealkylation sites (tertiary alicyclic amines) is 1. The summed E-state index contributed by atoms with van der Waals surface area (Å²) in [6, 6.07) is 10.9. The molecule has 1 aliphatic carbocycles. The maximum atomic E-state index is 5.81. The van der Waals surface area contributed by atoms with Gasteiger partial charge >= 0.3 is 0 Å². The Balaban J connectivity index is 1.43. The fourth-order valence-electron chi connectivity index (χ4n) is 4.70. The molecule has 2 heteroatoms. The number of unbranched alkanes of at least 4 members (excludes halogenated alkanes) is 1. The van der Waals surface area contributed by atoms with E-state index in [-0.39, 0.29) is 0 Å². The minimum atomic E-state index is 0.479. The van der Waals surface area contributed by atoms with Gasteiger partial charge in [-0.3, -0.25) is 0 Å². The fraction of sp³-hybridized carbons (Fsp3) is 0.700.